The van der Waals surface area contributed by atoms with Gasteiger partial charge < -0.3 is 15.7 Å². The summed E-state index contributed by atoms with van der Waals surface area (Å²) in [4.78, 5) is 34.3. The van der Waals surface area contributed by atoms with Gasteiger partial charge >= 0.3 is 5.97 Å². The number of hydrogen-bond acceptors (Lipinski definition) is 3. The lowest BCUT2D eigenvalue weighted by atomic mass is 9.82. The van der Waals surface area contributed by atoms with Crippen LogP contribution in [0.2, 0.25) is 0 Å². The van der Waals surface area contributed by atoms with Crippen LogP contribution < -0.4 is 10.6 Å². The molecule has 18 heavy (non-hydrogen) atoms. The fourth-order valence-corrected chi connectivity index (χ4v) is 1.98. The molecule has 0 heterocycles. The quantitative estimate of drug-likeness (QED) is 0.611. The summed E-state index contributed by atoms with van der Waals surface area (Å²) in [6.07, 6.45) is 4.31. The Kier molecular flexibility index (Phi) is 4.88. The number of carboxylic acid groups (broad SMARTS) is 1. The van der Waals surface area contributed by atoms with E-state index in [2.05, 4.69) is 10.6 Å². The Morgan fingerprint density at radius 3 is 2.28 bits per heavy atom. The van der Waals surface area contributed by atoms with Gasteiger partial charge in [0.1, 0.15) is 6.04 Å². The van der Waals surface area contributed by atoms with Crippen LogP contribution in [0.4, 0.5) is 0 Å². The molecule has 0 saturated carbocycles. The summed E-state index contributed by atoms with van der Waals surface area (Å²) in [7, 11) is 1.48. The molecule has 1 aliphatic rings. The maximum Gasteiger partial charge on any atom is 0.307 e. The van der Waals surface area contributed by atoms with Crippen molar-refractivity contribution in [2.75, 3.05) is 7.05 Å². The third-order valence-electron chi connectivity index (χ3n) is 3.08. The minimum Gasteiger partial charge on any atom is -0.481 e. The third-order valence-corrected chi connectivity index (χ3v) is 3.08. The molecule has 3 N–H and O–H groups in total. The highest BCUT2D eigenvalue weighted by atomic mass is 16.4. The van der Waals surface area contributed by atoms with Gasteiger partial charge in [-0.15, -0.1) is 0 Å². The lowest BCUT2D eigenvalue weighted by Crippen LogP contribution is -2.48. The molecule has 2 amide bonds. The number of hydrogen-bond donors (Lipinski definition) is 3. The smallest absolute Gasteiger partial charge is 0.307 e. The summed E-state index contributed by atoms with van der Waals surface area (Å²) in [6, 6.07) is -0.664. The Labute approximate surface area is 105 Å². The first-order valence-electron chi connectivity index (χ1n) is 5.87. The van der Waals surface area contributed by atoms with Gasteiger partial charge in [0.05, 0.1) is 11.8 Å². The van der Waals surface area contributed by atoms with Gasteiger partial charge in [-0.25, -0.2) is 0 Å². The molecular weight excluding hydrogens is 236 g/mol. The van der Waals surface area contributed by atoms with Crippen molar-refractivity contribution in [2.24, 2.45) is 11.8 Å². The van der Waals surface area contributed by atoms with E-state index >= 15 is 0 Å². The molecule has 0 aromatic heterocycles. The van der Waals surface area contributed by atoms with Crippen molar-refractivity contribution in [1.82, 2.24) is 10.6 Å². The SMILES string of the molecule is CNC(=O)C(C)NC(=O)[C@@H]1CC=CC[C@@H]1C(=O)O. The highest BCUT2D eigenvalue weighted by Gasteiger charge is 2.34. The topological polar surface area (TPSA) is 95.5 Å². The summed E-state index contributed by atoms with van der Waals surface area (Å²) in [6.45, 7) is 1.56. The Morgan fingerprint density at radius 1 is 1.22 bits per heavy atom. The number of carboxylic acids is 1. The number of allylic oxidation sites excluding steroid dienone is 2. The molecule has 1 aliphatic carbocycles. The highest BCUT2D eigenvalue weighted by molar-refractivity contribution is 5.90. The van der Waals surface area contributed by atoms with Crippen LogP contribution in [0.1, 0.15) is 19.8 Å². The zero-order valence-electron chi connectivity index (χ0n) is 10.5. The lowest BCUT2D eigenvalue weighted by molar-refractivity contribution is -0.147. The van der Waals surface area contributed by atoms with Crippen molar-refractivity contribution in [3.63, 3.8) is 0 Å². The number of amides is 2. The van der Waals surface area contributed by atoms with Gasteiger partial charge in [-0.05, 0) is 19.8 Å². The zero-order valence-corrected chi connectivity index (χ0v) is 10.5. The van der Waals surface area contributed by atoms with E-state index in [1.54, 1.807) is 19.1 Å². The number of nitrogens with one attached hydrogen (secondary N) is 2. The average Bonchev–Trinajstić information content (AvgIpc) is 2.37. The van der Waals surface area contributed by atoms with Gasteiger partial charge in [-0.2, -0.15) is 0 Å². The summed E-state index contributed by atoms with van der Waals surface area (Å²) in [5, 5.41) is 14.0. The van der Waals surface area contributed by atoms with Gasteiger partial charge in [0.15, 0.2) is 0 Å². The fourth-order valence-electron chi connectivity index (χ4n) is 1.98. The number of likely N-dealkylation sites (N-methyl/N-ethyl adjacent to an activating group) is 1. The van der Waals surface area contributed by atoms with Crippen LogP contribution >= 0.6 is 0 Å². The number of aliphatic carboxylic acids is 1. The molecule has 0 aromatic carbocycles. The number of rotatable bonds is 4. The second-order valence-corrected chi connectivity index (χ2v) is 4.34. The molecule has 0 aromatic rings. The van der Waals surface area contributed by atoms with Gasteiger partial charge in [-0.3, -0.25) is 14.4 Å². The zero-order chi connectivity index (χ0) is 13.7. The minimum atomic E-state index is -0.980. The van der Waals surface area contributed by atoms with Crippen molar-refractivity contribution in [3.8, 4) is 0 Å². The van der Waals surface area contributed by atoms with Crippen molar-refractivity contribution < 1.29 is 19.5 Å². The lowest BCUT2D eigenvalue weighted by Gasteiger charge is -2.25. The van der Waals surface area contributed by atoms with E-state index in [0.717, 1.165) is 0 Å². The van der Waals surface area contributed by atoms with Crippen LogP contribution in [0.3, 0.4) is 0 Å². The molecule has 0 fully saturated rings. The predicted molar refractivity (Wildman–Crippen MR) is 64.7 cm³/mol. The number of carbonyl (C=O) groups excluding carboxylic acids is 2. The summed E-state index contributed by atoms with van der Waals surface area (Å²) >= 11 is 0. The van der Waals surface area contributed by atoms with Crippen LogP contribution in [0.5, 0.6) is 0 Å². The van der Waals surface area contributed by atoms with Crippen molar-refractivity contribution in [1.29, 1.82) is 0 Å². The molecule has 1 unspecified atom stereocenters. The first-order chi connectivity index (χ1) is 8.47. The van der Waals surface area contributed by atoms with Crippen molar-refractivity contribution in [2.45, 2.75) is 25.8 Å². The van der Waals surface area contributed by atoms with Crippen molar-refractivity contribution in [3.05, 3.63) is 12.2 Å². The average molecular weight is 254 g/mol. The number of carbonyl (C=O) groups is 3. The standard InChI is InChI=1S/C12H18N2O4/c1-7(10(15)13-2)14-11(16)8-5-3-4-6-9(8)12(17)18/h3-4,7-9H,5-6H2,1-2H3,(H,13,15)(H,14,16)(H,17,18)/t7?,8-,9+/m1/s1. The summed E-state index contributed by atoms with van der Waals surface area (Å²) in [5.74, 6) is -3.00. The van der Waals surface area contributed by atoms with Crippen LogP contribution in [-0.4, -0.2) is 36.0 Å². The highest BCUT2D eigenvalue weighted by Crippen LogP contribution is 2.26. The second-order valence-electron chi connectivity index (χ2n) is 4.34. The van der Waals surface area contributed by atoms with E-state index in [1.165, 1.54) is 7.05 Å². The van der Waals surface area contributed by atoms with E-state index in [0.29, 0.717) is 12.8 Å². The normalized spacial score (nSPS) is 24.1. The Balaban J connectivity index is 2.67. The van der Waals surface area contributed by atoms with Gasteiger partial charge in [0.2, 0.25) is 11.8 Å². The van der Waals surface area contributed by atoms with Gasteiger partial charge in [0, 0.05) is 7.05 Å². The molecule has 0 aliphatic heterocycles. The predicted octanol–water partition coefficient (Wildman–Crippen LogP) is -0.0959. The van der Waals surface area contributed by atoms with Gasteiger partial charge in [-0.1, -0.05) is 12.2 Å². The Hall–Kier alpha value is -1.85. The van der Waals surface area contributed by atoms with E-state index in [9.17, 15) is 14.4 Å². The monoisotopic (exact) mass is 254 g/mol. The second kappa shape index (κ2) is 6.18. The molecule has 0 bridgehead atoms. The maximum absolute atomic E-state index is 12.0. The van der Waals surface area contributed by atoms with Gasteiger partial charge in [0.25, 0.3) is 0 Å². The molecule has 3 atom stereocenters. The third kappa shape index (κ3) is 3.32. The van der Waals surface area contributed by atoms with E-state index < -0.39 is 23.8 Å². The molecule has 0 saturated heterocycles. The molecular formula is C12H18N2O4. The molecule has 6 nitrogen and oxygen atoms in total. The minimum absolute atomic E-state index is 0.304. The molecule has 0 spiro atoms. The Morgan fingerprint density at radius 2 is 1.78 bits per heavy atom. The first-order valence-corrected chi connectivity index (χ1v) is 5.87. The first kappa shape index (κ1) is 14.2. The van der Waals surface area contributed by atoms with Crippen LogP contribution in [0.25, 0.3) is 0 Å². The molecule has 6 heteroatoms. The largest absolute Gasteiger partial charge is 0.481 e. The molecule has 0 radical (unpaired) electrons. The molecule has 100 valence electrons. The summed E-state index contributed by atoms with van der Waals surface area (Å²) in [5.41, 5.74) is 0. The molecule has 1 rings (SSSR count). The van der Waals surface area contributed by atoms with E-state index in [4.69, 9.17) is 5.11 Å². The van der Waals surface area contributed by atoms with Crippen molar-refractivity contribution >= 4 is 17.8 Å². The van der Waals surface area contributed by atoms with Crippen LogP contribution in [0, 0.1) is 11.8 Å². The Bertz CT molecular complexity index is 378. The van der Waals surface area contributed by atoms with Crippen LogP contribution in [0.15, 0.2) is 12.2 Å². The summed E-state index contributed by atoms with van der Waals surface area (Å²) < 4.78 is 0. The maximum atomic E-state index is 12.0. The van der Waals surface area contributed by atoms with Crippen LogP contribution in [-0.2, 0) is 14.4 Å². The van der Waals surface area contributed by atoms with E-state index in [-0.39, 0.29) is 11.8 Å². The van der Waals surface area contributed by atoms with E-state index in [1.807, 2.05) is 0 Å². The fraction of sp³-hybridized carbons (Fsp3) is 0.583.